The van der Waals surface area contributed by atoms with Gasteiger partial charge in [-0.1, -0.05) is 61.2 Å². The van der Waals surface area contributed by atoms with Crippen molar-refractivity contribution in [1.82, 2.24) is 0 Å². The smallest absolute Gasteiger partial charge is 0.315 e. The Hall–Kier alpha value is -2.18. The molecule has 29 heavy (non-hydrogen) atoms. The molecule has 0 radical (unpaired) electrons. The van der Waals surface area contributed by atoms with Gasteiger partial charge in [-0.25, -0.2) is 0 Å². The number of carbonyl (C=O) groups excluding carboxylic acids is 1. The number of aryl methyl sites for hydroxylation is 1. The third-order valence-electron chi connectivity index (χ3n) is 5.60. The molecule has 0 aliphatic heterocycles. The van der Waals surface area contributed by atoms with E-state index in [1.807, 2.05) is 31.2 Å². The third kappa shape index (κ3) is 5.46. The molecule has 5 nitrogen and oxygen atoms in total. The fraction of sp³-hybridized carbons (Fsp3) is 0.435. The van der Waals surface area contributed by atoms with Crippen LogP contribution in [0.5, 0.6) is 0 Å². The van der Waals surface area contributed by atoms with Gasteiger partial charge in [0.25, 0.3) is 10.1 Å². The molecule has 0 saturated heterocycles. The Morgan fingerprint density at radius 2 is 1.62 bits per heavy atom. The zero-order valence-corrected chi connectivity index (χ0v) is 17.8. The molecule has 1 fully saturated rings. The van der Waals surface area contributed by atoms with Crippen LogP contribution in [0.15, 0.2) is 53.4 Å². The number of benzene rings is 2. The predicted octanol–water partition coefficient (Wildman–Crippen LogP) is 4.70. The van der Waals surface area contributed by atoms with Crippen LogP contribution >= 0.6 is 0 Å². The molecule has 0 aromatic heterocycles. The number of hydrogen-bond acceptors (Lipinski definition) is 5. The molecule has 6 heteroatoms. The van der Waals surface area contributed by atoms with Crippen molar-refractivity contribution in [2.24, 2.45) is 0 Å². The molecule has 2 aromatic rings. The standard InChI is InChI=1S/C23H28O5S/c1-17-8-14-21(15-9-17)29(25,26)28-16-22(23(24)27-2)20-12-10-19(11-13-20)18-6-4-3-5-7-18/h8-15,18,22H,3-7,16H2,1-2H3. The molecule has 0 spiro atoms. The van der Waals surface area contributed by atoms with Crippen molar-refractivity contribution in [3.8, 4) is 0 Å². The number of carbonyl (C=O) groups is 1. The highest BCUT2D eigenvalue weighted by molar-refractivity contribution is 7.86. The second kappa shape index (κ2) is 9.55. The molecular formula is C23H28O5S. The Morgan fingerprint density at radius 1 is 1.00 bits per heavy atom. The first-order valence-corrected chi connectivity index (χ1v) is 11.5. The zero-order chi connectivity index (χ0) is 20.9. The summed E-state index contributed by atoms with van der Waals surface area (Å²) in [6, 6.07) is 14.2. The van der Waals surface area contributed by atoms with E-state index in [-0.39, 0.29) is 11.5 Å². The van der Waals surface area contributed by atoms with E-state index in [0.29, 0.717) is 11.5 Å². The van der Waals surface area contributed by atoms with Crippen molar-refractivity contribution in [3.63, 3.8) is 0 Å². The van der Waals surface area contributed by atoms with E-state index >= 15 is 0 Å². The van der Waals surface area contributed by atoms with Crippen LogP contribution in [-0.2, 0) is 23.8 Å². The van der Waals surface area contributed by atoms with E-state index in [1.54, 1.807) is 12.1 Å². The van der Waals surface area contributed by atoms with E-state index in [9.17, 15) is 13.2 Å². The number of methoxy groups -OCH3 is 1. The monoisotopic (exact) mass is 416 g/mol. The molecule has 3 rings (SSSR count). The van der Waals surface area contributed by atoms with Crippen molar-refractivity contribution in [3.05, 3.63) is 65.2 Å². The topological polar surface area (TPSA) is 69.7 Å². The summed E-state index contributed by atoms with van der Waals surface area (Å²) in [5, 5.41) is 0. The maximum Gasteiger partial charge on any atom is 0.315 e. The molecule has 0 bridgehead atoms. The van der Waals surface area contributed by atoms with Crippen molar-refractivity contribution in [2.45, 2.75) is 55.8 Å². The molecule has 1 unspecified atom stereocenters. The summed E-state index contributed by atoms with van der Waals surface area (Å²) in [4.78, 5) is 12.4. The van der Waals surface area contributed by atoms with Gasteiger partial charge < -0.3 is 4.74 Å². The highest BCUT2D eigenvalue weighted by atomic mass is 32.2. The van der Waals surface area contributed by atoms with Gasteiger partial charge in [0.05, 0.1) is 18.6 Å². The summed E-state index contributed by atoms with van der Waals surface area (Å²) in [5.74, 6) is -0.761. The number of esters is 1. The lowest BCUT2D eigenvalue weighted by atomic mass is 9.83. The van der Waals surface area contributed by atoms with Crippen LogP contribution in [0, 0.1) is 6.92 Å². The van der Waals surface area contributed by atoms with E-state index in [0.717, 1.165) is 5.56 Å². The molecule has 1 atom stereocenters. The SMILES string of the molecule is COC(=O)C(COS(=O)(=O)c1ccc(C)cc1)c1ccc(C2CCCCC2)cc1. The van der Waals surface area contributed by atoms with Crippen LogP contribution in [0.25, 0.3) is 0 Å². The van der Waals surface area contributed by atoms with Crippen LogP contribution in [0.3, 0.4) is 0 Å². The second-order valence-corrected chi connectivity index (χ2v) is 9.24. The van der Waals surface area contributed by atoms with Crippen molar-refractivity contribution >= 4 is 16.1 Å². The summed E-state index contributed by atoms with van der Waals surface area (Å²) in [7, 11) is -2.66. The fourth-order valence-electron chi connectivity index (χ4n) is 3.81. The zero-order valence-electron chi connectivity index (χ0n) is 17.0. The Bertz CT molecular complexity index is 911. The van der Waals surface area contributed by atoms with Gasteiger partial charge in [0, 0.05) is 0 Å². The summed E-state index contributed by atoms with van der Waals surface area (Å²) < 4.78 is 35.1. The van der Waals surface area contributed by atoms with Gasteiger partial charge in [0.15, 0.2) is 0 Å². The maximum absolute atomic E-state index is 12.5. The second-order valence-electron chi connectivity index (χ2n) is 7.63. The first kappa shape index (κ1) is 21.5. The van der Waals surface area contributed by atoms with Crippen LogP contribution in [0.2, 0.25) is 0 Å². The normalized spacial score (nSPS) is 16.3. The van der Waals surface area contributed by atoms with Gasteiger partial charge in [-0.3, -0.25) is 8.98 Å². The van der Waals surface area contributed by atoms with Gasteiger partial charge in [-0.15, -0.1) is 0 Å². The Balaban J connectivity index is 1.74. The van der Waals surface area contributed by atoms with Crippen LogP contribution < -0.4 is 0 Å². The molecule has 1 saturated carbocycles. The number of ether oxygens (including phenoxy) is 1. The quantitative estimate of drug-likeness (QED) is 0.483. The summed E-state index contributed by atoms with van der Waals surface area (Å²) >= 11 is 0. The van der Waals surface area contributed by atoms with Gasteiger partial charge >= 0.3 is 5.97 Å². The summed E-state index contributed by atoms with van der Waals surface area (Å²) in [6.07, 6.45) is 6.19. The predicted molar refractivity (Wildman–Crippen MR) is 111 cm³/mol. The first-order chi connectivity index (χ1) is 13.9. The third-order valence-corrected chi connectivity index (χ3v) is 6.90. The lowest BCUT2D eigenvalue weighted by Crippen LogP contribution is -2.22. The minimum Gasteiger partial charge on any atom is -0.468 e. The lowest BCUT2D eigenvalue weighted by molar-refractivity contribution is -0.143. The Labute approximate surface area is 173 Å². The number of rotatable bonds is 7. The maximum atomic E-state index is 12.5. The van der Waals surface area contributed by atoms with Gasteiger partial charge in [-0.05, 0) is 48.9 Å². The van der Waals surface area contributed by atoms with Crippen LogP contribution in [0.1, 0.15) is 60.6 Å². The van der Waals surface area contributed by atoms with E-state index in [4.69, 9.17) is 8.92 Å². The summed E-state index contributed by atoms with van der Waals surface area (Å²) in [6.45, 7) is 1.58. The Morgan fingerprint density at radius 3 is 2.21 bits per heavy atom. The van der Waals surface area contributed by atoms with Crippen molar-refractivity contribution in [2.75, 3.05) is 13.7 Å². The fourth-order valence-corrected chi connectivity index (χ4v) is 4.73. The average molecular weight is 417 g/mol. The van der Waals surface area contributed by atoms with E-state index in [1.165, 1.54) is 56.9 Å². The number of hydrogen-bond donors (Lipinski definition) is 0. The van der Waals surface area contributed by atoms with Crippen LogP contribution in [-0.4, -0.2) is 28.1 Å². The lowest BCUT2D eigenvalue weighted by Gasteiger charge is -2.22. The average Bonchev–Trinajstić information content (AvgIpc) is 2.75. The van der Waals surface area contributed by atoms with E-state index in [2.05, 4.69) is 0 Å². The molecule has 1 aliphatic carbocycles. The summed E-state index contributed by atoms with van der Waals surface area (Å²) in [5.41, 5.74) is 2.91. The molecule has 0 heterocycles. The Kier molecular flexibility index (Phi) is 7.09. The molecule has 0 amide bonds. The molecule has 2 aromatic carbocycles. The minimum absolute atomic E-state index is 0.0689. The molecular weight excluding hydrogens is 388 g/mol. The highest BCUT2D eigenvalue weighted by Crippen LogP contribution is 2.33. The minimum atomic E-state index is -3.95. The van der Waals surface area contributed by atoms with Gasteiger partial charge in [0.1, 0.15) is 5.92 Å². The van der Waals surface area contributed by atoms with Gasteiger partial charge in [0.2, 0.25) is 0 Å². The first-order valence-electron chi connectivity index (χ1n) is 10.0. The molecule has 0 N–H and O–H groups in total. The molecule has 156 valence electrons. The van der Waals surface area contributed by atoms with Crippen molar-refractivity contribution < 1.29 is 22.1 Å². The van der Waals surface area contributed by atoms with Gasteiger partial charge in [-0.2, -0.15) is 8.42 Å². The largest absolute Gasteiger partial charge is 0.468 e. The highest BCUT2D eigenvalue weighted by Gasteiger charge is 2.26. The molecule has 1 aliphatic rings. The van der Waals surface area contributed by atoms with Crippen LogP contribution in [0.4, 0.5) is 0 Å². The van der Waals surface area contributed by atoms with E-state index < -0.39 is 22.0 Å². The van der Waals surface area contributed by atoms with Crippen molar-refractivity contribution in [1.29, 1.82) is 0 Å².